The molecule has 4 atom stereocenters. The van der Waals surface area contributed by atoms with Crippen molar-refractivity contribution >= 4 is 27.1 Å². The van der Waals surface area contributed by atoms with Crippen LogP contribution in [0.3, 0.4) is 0 Å². The summed E-state index contributed by atoms with van der Waals surface area (Å²) in [6.45, 7) is 6.25. The Hall–Kier alpha value is -0.200. The van der Waals surface area contributed by atoms with Gasteiger partial charge in [-0.15, -0.1) is 12.6 Å². The Balaban J connectivity index is 4.58. The van der Waals surface area contributed by atoms with Gasteiger partial charge in [0.15, 0.2) is 6.29 Å². The first kappa shape index (κ1) is 35.8. The molecule has 36 heavy (non-hydrogen) atoms. The Morgan fingerprint density at radius 2 is 1.22 bits per heavy atom. The molecular formula is C28H55O6PS. The average molecular weight is 551 g/mol. The maximum atomic E-state index is 11.2. The van der Waals surface area contributed by atoms with E-state index in [1.54, 1.807) is 6.92 Å². The van der Waals surface area contributed by atoms with Gasteiger partial charge in [0.25, 0.3) is 0 Å². The number of aliphatic hydroxyl groups is 1. The third kappa shape index (κ3) is 19.0. The quantitative estimate of drug-likeness (QED) is 0.0409. The molecule has 0 spiro atoms. The summed E-state index contributed by atoms with van der Waals surface area (Å²) >= 11 is 4.60. The fourth-order valence-corrected chi connectivity index (χ4v) is 5.20. The third-order valence-electron chi connectivity index (χ3n) is 6.81. The number of ether oxygens (including phenoxy) is 2. The first-order chi connectivity index (χ1) is 17.3. The largest absolute Gasteiger partial charge is 0.477 e. The number of unbranched alkanes of at least 4 members (excludes halogenated alkanes) is 14. The SMILES string of the molecule is CCCCCCCCCCCC(CCCCCCCCC)CC(S)OC(CC)OC(O)(P=O)C(=O)O. The second-order valence-electron chi connectivity index (χ2n) is 10.2. The molecule has 0 saturated heterocycles. The molecule has 0 rings (SSSR count). The first-order valence-electron chi connectivity index (χ1n) is 14.6. The zero-order chi connectivity index (χ0) is 27.1. The molecule has 8 heteroatoms. The molecule has 0 fully saturated rings. The number of carboxylic acid groups (broad SMARTS) is 1. The Bertz CT molecular complexity index is 538. The maximum absolute atomic E-state index is 11.2. The molecule has 0 bridgehead atoms. The molecule has 0 aromatic rings. The van der Waals surface area contributed by atoms with Gasteiger partial charge in [-0.3, -0.25) is 4.57 Å². The van der Waals surface area contributed by atoms with Gasteiger partial charge in [0.1, 0.15) is 5.44 Å². The van der Waals surface area contributed by atoms with Crippen molar-refractivity contribution in [1.82, 2.24) is 0 Å². The minimum atomic E-state index is -2.80. The number of rotatable bonds is 27. The van der Waals surface area contributed by atoms with Gasteiger partial charge in [-0.1, -0.05) is 136 Å². The molecule has 0 aliphatic heterocycles. The molecule has 0 radical (unpaired) electrons. The molecule has 0 heterocycles. The van der Waals surface area contributed by atoms with Crippen LogP contribution in [0.15, 0.2) is 0 Å². The molecule has 0 saturated carbocycles. The van der Waals surface area contributed by atoms with Crippen molar-refractivity contribution in [3.05, 3.63) is 0 Å². The molecular weight excluding hydrogens is 495 g/mol. The average Bonchev–Trinajstić information content (AvgIpc) is 2.86. The first-order valence-corrected chi connectivity index (χ1v) is 16.0. The summed E-state index contributed by atoms with van der Waals surface area (Å²) in [6.07, 6.45) is 23.1. The van der Waals surface area contributed by atoms with E-state index in [-0.39, 0.29) is 0 Å². The van der Waals surface area contributed by atoms with E-state index >= 15 is 0 Å². The number of aliphatic carboxylic acids is 1. The Morgan fingerprint density at radius 1 is 0.806 bits per heavy atom. The van der Waals surface area contributed by atoms with E-state index in [9.17, 15) is 14.5 Å². The highest BCUT2D eigenvalue weighted by atomic mass is 32.1. The Morgan fingerprint density at radius 3 is 1.58 bits per heavy atom. The van der Waals surface area contributed by atoms with Gasteiger partial charge in [0.2, 0.25) is 8.46 Å². The second kappa shape index (κ2) is 23.9. The normalized spacial score (nSPS) is 16.0. The topological polar surface area (TPSA) is 93.1 Å². The zero-order valence-electron chi connectivity index (χ0n) is 23.3. The van der Waals surface area contributed by atoms with E-state index in [0.29, 0.717) is 12.3 Å². The van der Waals surface area contributed by atoms with Gasteiger partial charge >= 0.3 is 11.5 Å². The number of hydrogen-bond acceptors (Lipinski definition) is 6. The fraction of sp³-hybridized carbons (Fsp3) is 0.964. The maximum Gasteiger partial charge on any atom is 0.377 e. The zero-order valence-corrected chi connectivity index (χ0v) is 25.1. The predicted molar refractivity (Wildman–Crippen MR) is 152 cm³/mol. The van der Waals surface area contributed by atoms with Gasteiger partial charge in [-0.25, -0.2) is 4.79 Å². The van der Waals surface area contributed by atoms with Crippen LogP contribution in [0.5, 0.6) is 0 Å². The highest BCUT2D eigenvalue weighted by Gasteiger charge is 2.42. The van der Waals surface area contributed by atoms with E-state index in [4.69, 9.17) is 14.6 Å². The highest BCUT2D eigenvalue weighted by molar-refractivity contribution is 7.80. The van der Waals surface area contributed by atoms with Crippen LogP contribution in [-0.4, -0.2) is 33.4 Å². The summed E-state index contributed by atoms with van der Waals surface area (Å²) in [4.78, 5) is 11.2. The number of carboxylic acids is 1. The van der Waals surface area contributed by atoms with Crippen LogP contribution < -0.4 is 0 Å². The summed E-state index contributed by atoms with van der Waals surface area (Å²) in [5, 5.41) is 19.0. The number of hydrogen-bond donors (Lipinski definition) is 3. The minimum Gasteiger partial charge on any atom is -0.477 e. The lowest BCUT2D eigenvalue weighted by Crippen LogP contribution is -2.40. The Labute approximate surface area is 228 Å². The van der Waals surface area contributed by atoms with E-state index in [1.165, 1.54) is 103 Å². The van der Waals surface area contributed by atoms with Crippen LogP contribution in [0.4, 0.5) is 0 Å². The molecule has 214 valence electrons. The van der Waals surface area contributed by atoms with E-state index in [1.807, 2.05) is 0 Å². The van der Waals surface area contributed by atoms with Gasteiger partial charge in [-0.2, -0.15) is 0 Å². The van der Waals surface area contributed by atoms with Crippen LogP contribution >= 0.6 is 21.1 Å². The van der Waals surface area contributed by atoms with Crippen molar-refractivity contribution in [1.29, 1.82) is 0 Å². The lowest BCUT2D eigenvalue weighted by molar-refractivity contribution is -0.256. The molecule has 0 aliphatic carbocycles. The molecule has 0 aromatic carbocycles. The third-order valence-corrected chi connectivity index (χ3v) is 7.68. The fourth-order valence-electron chi connectivity index (χ4n) is 4.53. The van der Waals surface area contributed by atoms with Crippen molar-refractivity contribution in [3.8, 4) is 0 Å². The lowest BCUT2D eigenvalue weighted by Gasteiger charge is -2.27. The molecule has 4 unspecified atom stereocenters. The summed E-state index contributed by atoms with van der Waals surface area (Å²) < 4.78 is 22.1. The minimum absolute atomic E-state index is 0.308. The van der Waals surface area contributed by atoms with Crippen LogP contribution in [0.2, 0.25) is 0 Å². The Kier molecular flexibility index (Phi) is 23.8. The number of carbonyl (C=O) groups is 1. The molecule has 0 amide bonds. The van der Waals surface area contributed by atoms with Crippen LogP contribution in [0.1, 0.15) is 149 Å². The van der Waals surface area contributed by atoms with Gasteiger partial charge in [0.05, 0.1) is 0 Å². The van der Waals surface area contributed by atoms with Gasteiger partial charge in [-0.05, 0) is 18.8 Å². The summed E-state index contributed by atoms with van der Waals surface area (Å²) in [5.41, 5.74) is -3.24. The molecule has 0 aromatic heterocycles. The van der Waals surface area contributed by atoms with Crippen LogP contribution in [0.25, 0.3) is 0 Å². The van der Waals surface area contributed by atoms with Crippen molar-refractivity contribution < 1.29 is 29.0 Å². The highest BCUT2D eigenvalue weighted by Crippen LogP contribution is 2.29. The van der Waals surface area contributed by atoms with Crippen molar-refractivity contribution in [2.45, 2.75) is 166 Å². The summed E-state index contributed by atoms with van der Waals surface area (Å²) in [6, 6.07) is 0. The standard InChI is InChI=1S/C28H55O6PS/c1-4-7-9-11-13-14-16-18-20-22-24(21-19-17-15-12-10-8-5-2)23-26(36)33-25(6-3)34-28(31,35-32)27(29)30/h24-26,31,36H,4-23H2,1-3H3,(H,29,30). The van der Waals surface area contributed by atoms with E-state index < -0.39 is 31.7 Å². The summed E-state index contributed by atoms with van der Waals surface area (Å²) in [7, 11) is -1.03. The van der Waals surface area contributed by atoms with Gasteiger partial charge in [0, 0.05) is 0 Å². The molecule has 0 aliphatic rings. The number of thiol groups is 1. The summed E-state index contributed by atoms with van der Waals surface area (Å²) in [5.74, 6) is -1.22. The van der Waals surface area contributed by atoms with Crippen molar-refractivity contribution in [3.63, 3.8) is 0 Å². The molecule has 6 nitrogen and oxygen atoms in total. The van der Waals surface area contributed by atoms with Crippen LogP contribution in [0, 0.1) is 5.92 Å². The van der Waals surface area contributed by atoms with Crippen LogP contribution in [-0.2, 0) is 18.8 Å². The monoisotopic (exact) mass is 550 g/mol. The van der Waals surface area contributed by atoms with E-state index in [0.717, 1.165) is 19.3 Å². The van der Waals surface area contributed by atoms with Gasteiger partial charge < -0.3 is 19.7 Å². The molecule has 2 N–H and O–H groups in total. The van der Waals surface area contributed by atoms with Crippen molar-refractivity contribution in [2.24, 2.45) is 5.92 Å². The lowest BCUT2D eigenvalue weighted by atomic mass is 9.91. The smallest absolute Gasteiger partial charge is 0.377 e. The van der Waals surface area contributed by atoms with E-state index in [2.05, 4.69) is 26.5 Å². The predicted octanol–water partition coefficient (Wildman–Crippen LogP) is 9.10. The van der Waals surface area contributed by atoms with Crippen molar-refractivity contribution in [2.75, 3.05) is 0 Å². The second-order valence-corrected chi connectivity index (χ2v) is 11.5.